The van der Waals surface area contributed by atoms with Crippen LogP contribution < -0.4 is 0 Å². The first-order chi connectivity index (χ1) is 10.1. The Labute approximate surface area is 128 Å². The number of ether oxygens (including phenoxy) is 1. The number of nitrogens with zero attached hydrogens (tertiary/aromatic N) is 2. The normalized spacial score (nSPS) is 10.8. The number of hydrogen-bond acceptors (Lipinski definition) is 6. The third-order valence-corrected chi connectivity index (χ3v) is 3.42. The highest BCUT2D eigenvalue weighted by molar-refractivity contribution is 7.99. The second-order valence-electron chi connectivity index (χ2n) is 4.80. The molecule has 6 heteroatoms. The molecule has 0 spiro atoms. The van der Waals surface area contributed by atoms with Crippen molar-refractivity contribution >= 4 is 17.7 Å². The lowest BCUT2D eigenvalue weighted by Gasteiger charge is -2.06. The average molecular weight is 306 g/mol. The topological polar surface area (TPSA) is 65.2 Å². The molecule has 0 radical (unpaired) electrons. The zero-order valence-electron chi connectivity index (χ0n) is 12.1. The SMILES string of the molecule is CC(C)OC(=O)CSCc1nc(Cc2ccccc2)no1. The van der Waals surface area contributed by atoms with Crippen LogP contribution in [0.2, 0.25) is 0 Å². The molecule has 1 heterocycles. The number of carbonyl (C=O) groups is 1. The van der Waals surface area contributed by atoms with Crippen molar-refractivity contribution in [3.63, 3.8) is 0 Å². The lowest BCUT2D eigenvalue weighted by molar-refractivity contribution is -0.144. The van der Waals surface area contributed by atoms with E-state index in [1.807, 2.05) is 44.2 Å². The van der Waals surface area contributed by atoms with E-state index in [1.54, 1.807) is 0 Å². The van der Waals surface area contributed by atoms with Gasteiger partial charge in [0.25, 0.3) is 0 Å². The van der Waals surface area contributed by atoms with Crippen molar-refractivity contribution in [2.75, 3.05) is 5.75 Å². The van der Waals surface area contributed by atoms with E-state index in [-0.39, 0.29) is 17.8 Å². The van der Waals surface area contributed by atoms with Gasteiger partial charge in [-0.25, -0.2) is 0 Å². The highest BCUT2D eigenvalue weighted by atomic mass is 32.2. The molecule has 2 aromatic rings. The van der Waals surface area contributed by atoms with Crippen LogP contribution in [0, 0.1) is 0 Å². The number of rotatable bonds is 7. The Balaban J connectivity index is 1.77. The Morgan fingerprint density at radius 1 is 1.33 bits per heavy atom. The largest absolute Gasteiger partial charge is 0.462 e. The van der Waals surface area contributed by atoms with Gasteiger partial charge in [-0.2, -0.15) is 4.98 Å². The Morgan fingerprint density at radius 2 is 2.10 bits per heavy atom. The zero-order chi connectivity index (χ0) is 15.1. The van der Waals surface area contributed by atoms with Gasteiger partial charge in [0, 0.05) is 6.42 Å². The van der Waals surface area contributed by atoms with Gasteiger partial charge in [0.15, 0.2) is 5.82 Å². The second kappa shape index (κ2) is 7.83. The maximum Gasteiger partial charge on any atom is 0.316 e. The molecule has 2 rings (SSSR count). The monoisotopic (exact) mass is 306 g/mol. The minimum absolute atomic E-state index is 0.0843. The van der Waals surface area contributed by atoms with E-state index in [4.69, 9.17) is 9.26 Å². The van der Waals surface area contributed by atoms with E-state index in [0.717, 1.165) is 5.56 Å². The molecule has 112 valence electrons. The summed E-state index contributed by atoms with van der Waals surface area (Å²) >= 11 is 1.41. The van der Waals surface area contributed by atoms with Crippen molar-refractivity contribution in [2.24, 2.45) is 0 Å². The molecule has 21 heavy (non-hydrogen) atoms. The van der Waals surface area contributed by atoms with Crippen molar-refractivity contribution in [1.82, 2.24) is 10.1 Å². The summed E-state index contributed by atoms with van der Waals surface area (Å²) in [5, 5.41) is 3.94. The van der Waals surface area contributed by atoms with Crippen LogP contribution in [-0.2, 0) is 21.7 Å². The summed E-state index contributed by atoms with van der Waals surface area (Å²) in [7, 11) is 0. The molecule has 0 bridgehead atoms. The molecular formula is C15H18N2O3S. The fourth-order valence-electron chi connectivity index (χ4n) is 1.72. The zero-order valence-corrected chi connectivity index (χ0v) is 12.9. The maximum atomic E-state index is 11.4. The van der Waals surface area contributed by atoms with E-state index in [0.29, 0.717) is 23.9 Å². The van der Waals surface area contributed by atoms with Crippen LogP contribution in [0.15, 0.2) is 34.9 Å². The summed E-state index contributed by atoms with van der Waals surface area (Å²) in [5.74, 6) is 1.76. The first-order valence-electron chi connectivity index (χ1n) is 6.76. The van der Waals surface area contributed by atoms with Gasteiger partial charge in [-0.15, -0.1) is 11.8 Å². The molecule has 5 nitrogen and oxygen atoms in total. The van der Waals surface area contributed by atoms with Crippen LogP contribution in [-0.4, -0.2) is 28.0 Å². The number of benzene rings is 1. The van der Waals surface area contributed by atoms with E-state index < -0.39 is 0 Å². The first kappa shape index (κ1) is 15.6. The summed E-state index contributed by atoms with van der Waals surface area (Å²) < 4.78 is 10.2. The average Bonchev–Trinajstić information content (AvgIpc) is 2.86. The molecule has 0 amide bonds. The second-order valence-corrected chi connectivity index (χ2v) is 5.78. The van der Waals surface area contributed by atoms with Gasteiger partial charge in [-0.05, 0) is 19.4 Å². The molecule has 1 aromatic carbocycles. The van der Waals surface area contributed by atoms with Gasteiger partial charge >= 0.3 is 5.97 Å². The molecule has 0 aliphatic rings. The number of esters is 1. The fraction of sp³-hybridized carbons (Fsp3) is 0.400. The lowest BCUT2D eigenvalue weighted by atomic mass is 10.1. The van der Waals surface area contributed by atoms with Gasteiger partial charge in [0.05, 0.1) is 17.6 Å². The number of thioether (sulfide) groups is 1. The van der Waals surface area contributed by atoms with Crippen molar-refractivity contribution in [1.29, 1.82) is 0 Å². The van der Waals surface area contributed by atoms with Gasteiger partial charge < -0.3 is 9.26 Å². The van der Waals surface area contributed by atoms with Crippen molar-refractivity contribution in [2.45, 2.75) is 32.1 Å². The summed E-state index contributed by atoms with van der Waals surface area (Å²) in [6.45, 7) is 3.66. The molecule has 0 N–H and O–H groups in total. The van der Waals surface area contributed by atoms with Crippen LogP contribution in [0.25, 0.3) is 0 Å². The van der Waals surface area contributed by atoms with Gasteiger partial charge in [0.1, 0.15) is 0 Å². The quantitative estimate of drug-likeness (QED) is 0.733. The Hall–Kier alpha value is -1.82. The molecule has 0 fully saturated rings. The van der Waals surface area contributed by atoms with Crippen molar-refractivity contribution in [3.8, 4) is 0 Å². The number of aromatic nitrogens is 2. The summed E-state index contributed by atoms with van der Waals surface area (Å²) in [6, 6.07) is 9.97. The highest BCUT2D eigenvalue weighted by Gasteiger charge is 2.10. The molecular weight excluding hydrogens is 288 g/mol. The van der Waals surface area contributed by atoms with Gasteiger partial charge in [-0.1, -0.05) is 35.5 Å². The predicted octanol–water partition coefficient (Wildman–Crippen LogP) is 2.85. The Bertz CT molecular complexity index is 569. The summed E-state index contributed by atoms with van der Waals surface area (Å²) in [5.41, 5.74) is 1.14. The number of hydrogen-bond donors (Lipinski definition) is 0. The van der Waals surface area contributed by atoms with Gasteiger partial charge in [-0.3, -0.25) is 4.79 Å². The summed E-state index contributed by atoms with van der Waals surface area (Å²) in [6.07, 6.45) is 0.559. The van der Waals surface area contributed by atoms with Crippen LogP contribution in [0.3, 0.4) is 0 Å². The van der Waals surface area contributed by atoms with Crippen LogP contribution in [0.4, 0.5) is 0 Å². The van der Waals surface area contributed by atoms with Crippen LogP contribution >= 0.6 is 11.8 Å². The van der Waals surface area contributed by atoms with Crippen molar-refractivity contribution in [3.05, 3.63) is 47.6 Å². The maximum absolute atomic E-state index is 11.4. The van der Waals surface area contributed by atoms with Gasteiger partial charge in [0.2, 0.25) is 5.89 Å². The van der Waals surface area contributed by atoms with Crippen LogP contribution in [0.1, 0.15) is 31.1 Å². The molecule has 0 saturated heterocycles. The third kappa shape index (κ3) is 5.59. The van der Waals surface area contributed by atoms with E-state index in [2.05, 4.69) is 10.1 Å². The van der Waals surface area contributed by atoms with E-state index in [9.17, 15) is 4.79 Å². The first-order valence-corrected chi connectivity index (χ1v) is 7.91. The molecule has 0 atom stereocenters. The minimum Gasteiger partial charge on any atom is -0.462 e. The predicted molar refractivity (Wildman–Crippen MR) is 80.9 cm³/mol. The van der Waals surface area contributed by atoms with E-state index in [1.165, 1.54) is 11.8 Å². The molecule has 0 aliphatic carbocycles. The smallest absolute Gasteiger partial charge is 0.316 e. The highest BCUT2D eigenvalue weighted by Crippen LogP contribution is 2.12. The Morgan fingerprint density at radius 3 is 2.81 bits per heavy atom. The molecule has 0 aliphatic heterocycles. The minimum atomic E-state index is -0.223. The molecule has 1 aromatic heterocycles. The Kier molecular flexibility index (Phi) is 5.80. The molecule has 0 unspecified atom stereocenters. The van der Waals surface area contributed by atoms with Crippen molar-refractivity contribution < 1.29 is 14.1 Å². The fourth-order valence-corrected chi connectivity index (χ4v) is 2.35. The number of carbonyl (C=O) groups excluding carboxylic acids is 1. The summed E-state index contributed by atoms with van der Waals surface area (Å²) in [4.78, 5) is 15.7. The standard InChI is InChI=1S/C15H18N2O3S/c1-11(2)19-15(18)10-21-9-14-16-13(17-20-14)8-12-6-4-3-5-7-12/h3-7,11H,8-10H2,1-2H3. The van der Waals surface area contributed by atoms with E-state index >= 15 is 0 Å². The molecule has 0 saturated carbocycles. The van der Waals surface area contributed by atoms with Crippen LogP contribution in [0.5, 0.6) is 0 Å². The third-order valence-electron chi connectivity index (χ3n) is 2.53. The lowest BCUT2D eigenvalue weighted by Crippen LogP contribution is -2.13.